The maximum atomic E-state index is 12.9. The number of aliphatic hydroxyl groups is 1. The Kier molecular flexibility index (Phi) is 4.06. The van der Waals surface area contributed by atoms with Crippen LogP contribution in [0, 0.1) is 19.8 Å². The average molecular weight is 345 g/mol. The summed E-state index contributed by atoms with van der Waals surface area (Å²) in [6.07, 6.45) is 4.79. The first kappa shape index (κ1) is 16.0. The van der Waals surface area contributed by atoms with Gasteiger partial charge in [-0.25, -0.2) is 4.98 Å². The maximum Gasteiger partial charge on any atom is 0.193 e. The van der Waals surface area contributed by atoms with Gasteiger partial charge in [0.25, 0.3) is 0 Å². The molecule has 2 aromatic rings. The van der Waals surface area contributed by atoms with E-state index in [0.29, 0.717) is 25.0 Å². The second-order valence-corrected chi connectivity index (χ2v) is 7.95. The summed E-state index contributed by atoms with van der Waals surface area (Å²) < 4.78 is 2.05. The molecule has 2 atom stereocenters. The third kappa shape index (κ3) is 2.83. The Labute approximate surface area is 145 Å². The lowest BCUT2D eigenvalue weighted by Gasteiger charge is -2.23. The van der Waals surface area contributed by atoms with Crippen LogP contribution < -0.4 is 0 Å². The predicted molar refractivity (Wildman–Crippen MR) is 94.0 cm³/mol. The first-order valence-corrected chi connectivity index (χ1v) is 9.46. The van der Waals surface area contributed by atoms with Crippen molar-refractivity contribution in [3.8, 4) is 5.13 Å². The zero-order valence-electron chi connectivity index (χ0n) is 14.1. The van der Waals surface area contributed by atoms with Crippen molar-refractivity contribution in [1.29, 1.82) is 0 Å². The van der Waals surface area contributed by atoms with Crippen molar-refractivity contribution in [2.45, 2.75) is 45.3 Å². The van der Waals surface area contributed by atoms with E-state index < -0.39 is 0 Å². The summed E-state index contributed by atoms with van der Waals surface area (Å²) in [5.41, 5.74) is 2.76. The first-order valence-electron chi connectivity index (χ1n) is 8.58. The third-order valence-electron chi connectivity index (χ3n) is 5.28. The molecule has 2 unspecified atom stereocenters. The minimum absolute atomic E-state index is 0.144. The molecule has 5 nitrogen and oxygen atoms in total. The number of likely N-dealkylation sites (tertiary alicyclic amines) is 1. The van der Waals surface area contributed by atoms with E-state index in [-0.39, 0.29) is 11.9 Å². The lowest BCUT2D eigenvalue weighted by atomic mass is 10.1. The summed E-state index contributed by atoms with van der Waals surface area (Å²) in [6, 6.07) is 2.35. The number of aromatic nitrogens is 2. The largest absolute Gasteiger partial charge is 0.392 e. The highest BCUT2D eigenvalue weighted by Crippen LogP contribution is 2.40. The minimum Gasteiger partial charge on any atom is -0.392 e. The Bertz CT molecular complexity index is 749. The number of carbonyl (C=O) groups is 1. The lowest BCUT2D eigenvalue weighted by Crippen LogP contribution is -2.36. The van der Waals surface area contributed by atoms with Gasteiger partial charge in [0.15, 0.2) is 10.9 Å². The number of ketones is 1. The van der Waals surface area contributed by atoms with E-state index in [1.807, 2.05) is 25.3 Å². The van der Waals surface area contributed by atoms with E-state index in [9.17, 15) is 9.90 Å². The fraction of sp³-hybridized carbons (Fsp3) is 0.556. The van der Waals surface area contributed by atoms with Gasteiger partial charge in [0.1, 0.15) is 0 Å². The zero-order chi connectivity index (χ0) is 16.8. The van der Waals surface area contributed by atoms with Crippen LogP contribution in [0.3, 0.4) is 0 Å². The third-order valence-corrected chi connectivity index (χ3v) is 6.04. The van der Waals surface area contributed by atoms with E-state index in [4.69, 9.17) is 0 Å². The number of nitrogens with zero attached hydrogens (tertiary/aromatic N) is 3. The molecule has 2 aliphatic rings. The number of carbonyl (C=O) groups excluding carboxylic acids is 1. The normalized spacial score (nSPS) is 24.6. The number of thiazole rings is 1. The number of hydrogen-bond donors (Lipinski definition) is 1. The summed E-state index contributed by atoms with van der Waals surface area (Å²) in [7, 11) is 0. The Hall–Kier alpha value is -1.50. The quantitative estimate of drug-likeness (QED) is 0.846. The van der Waals surface area contributed by atoms with Crippen molar-refractivity contribution in [2.75, 3.05) is 13.1 Å². The highest BCUT2D eigenvalue weighted by Gasteiger charge is 2.41. The van der Waals surface area contributed by atoms with Crippen molar-refractivity contribution < 1.29 is 9.90 Å². The van der Waals surface area contributed by atoms with E-state index in [0.717, 1.165) is 28.5 Å². The molecule has 2 aromatic heterocycles. The van der Waals surface area contributed by atoms with Gasteiger partial charge in [-0.3, -0.25) is 14.3 Å². The van der Waals surface area contributed by atoms with Crippen molar-refractivity contribution in [1.82, 2.24) is 14.5 Å². The fourth-order valence-electron chi connectivity index (χ4n) is 4.00. The summed E-state index contributed by atoms with van der Waals surface area (Å²) in [5, 5.41) is 12.8. The number of aryl methyl sites for hydroxylation is 1. The van der Waals surface area contributed by atoms with E-state index in [1.165, 1.54) is 12.8 Å². The molecule has 2 fully saturated rings. The van der Waals surface area contributed by atoms with Gasteiger partial charge >= 0.3 is 0 Å². The number of rotatable bonds is 5. The van der Waals surface area contributed by atoms with Crippen molar-refractivity contribution in [2.24, 2.45) is 5.92 Å². The molecule has 0 aromatic carbocycles. The van der Waals surface area contributed by atoms with Gasteiger partial charge in [0.05, 0.1) is 12.6 Å². The number of aliphatic hydroxyl groups excluding tert-OH is 1. The maximum absolute atomic E-state index is 12.9. The van der Waals surface area contributed by atoms with Crippen LogP contribution in [0.1, 0.15) is 41.0 Å². The van der Waals surface area contributed by atoms with E-state index in [2.05, 4.69) is 14.5 Å². The van der Waals surface area contributed by atoms with Crippen LogP contribution in [-0.2, 0) is 0 Å². The molecular formula is C18H23N3O2S. The first-order chi connectivity index (χ1) is 11.5. The van der Waals surface area contributed by atoms with Crippen molar-refractivity contribution >= 4 is 17.1 Å². The summed E-state index contributed by atoms with van der Waals surface area (Å²) in [4.78, 5) is 19.5. The van der Waals surface area contributed by atoms with E-state index >= 15 is 0 Å². The molecule has 4 rings (SSSR count). The van der Waals surface area contributed by atoms with Gasteiger partial charge in [-0.2, -0.15) is 0 Å². The van der Waals surface area contributed by atoms with Crippen molar-refractivity contribution in [3.05, 3.63) is 34.6 Å². The highest BCUT2D eigenvalue weighted by molar-refractivity contribution is 7.12. The number of hydrogen-bond acceptors (Lipinski definition) is 5. The molecule has 1 saturated carbocycles. The molecule has 1 N–H and O–H groups in total. The molecular weight excluding hydrogens is 322 g/mol. The highest BCUT2D eigenvalue weighted by atomic mass is 32.1. The Morgan fingerprint density at radius 3 is 2.88 bits per heavy atom. The molecule has 1 aliphatic heterocycles. The van der Waals surface area contributed by atoms with Gasteiger partial charge in [0, 0.05) is 41.1 Å². The molecule has 128 valence electrons. The second-order valence-electron chi connectivity index (χ2n) is 7.08. The molecule has 0 amide bonds. The topological polar surface area (TPSA) is 58.4 Å². The average Bonchev–Trinajstić information content (AvgIpc) is 2.97. The summed E-state index contributed by atoms with van der Waals surface area (Å²) >= 11 is 1.57. The molecule has 24 heavy (non-hydrogen) atoms. The molecule has 1 saturated heterocycles. The van der Waals surface area contributed by atoms with Crippen LogP contribution in [-0.4, -0.2) is 50.6 Å². The smallest absolute Gasteiger partial charge is 0.193 e. The van der Waals surface area contributed by atoms with Crippen LogP contribution in [0.15, 0.2) is 17.6 Å². The molecule has 6 heteroatoms. The fourth-order valence-corrected chi connectivity index (χ4v) is 4.75. The Morgan fingerprint density at radius 2 is 2.21 bits per heavy atom. The number of Topliss-reactive ketones (excluding diaryl/α,β-unsaturated/α-hetero) is 1. The summed E-state index contributed by atoms with van der Waals surface area (Å²) in [5.74, 6) is 0.823. The Morgan fingerprint density at radius 1 is 1.42 bits per heavy atom. The van der Waals surface area contributed by atoms with Crippen molar-refractivity contribution in [3.63, 3.8) is 0 Å². The van der Waals surface area contributed by atoms with Crippen LogP contribution >= 0.6 is 11.3 Å². The van der Waals surface area contributed by atoms with Crippen LogP contribution in [0.2, 0.25) is 0 Å². The summed E-state index contributed by atoms with van der Waals surface area (Å²) in [6.45, 7) is 5.02. The van der Waals surface area contributed by atoms with Gasteiger partial charge in [-0.1, -0.05) is 0 Å². The molecule has 1 aliphatic carbocycles. The van der Waals surface area contributed by atoms with Gasteiger partial charge < -0.3 is 5.11 Å². The molecule has 0 spiro atoms. The monoisotopic (exact) mass is 345 g/mol. The minimum atomic E-state index is -0.286. The van der Waals surface area contributed by atoms with Gasteiger partial charge in [-0.05, 0) is 45.1 Å². The number of β-amino-alcohol motifs (C(OH)–C–C–N with tert-alkyl or cyclic N) is 1. The lowest BCUT2D eigenvalue weighted by molar-refractivity contribution is 0.0905. The van der Waals surface area contributed by atoms with Crippen LogP contribution in [0.5, 0.6) is 0 Å². The van der Waals surface area contributed by atoms with Crippen LogP contribution in [0.25, 0.3) is 5.13 Å². The van der Waals surface area contributed by atoms with Gasteiger partial charge in [0.2, 0.25) is 0 Å². The molecule has 0 radical (unpaired) electrons. The van der Waals surface area contributed by atoms with E-state index in [1.54, 1.807) is 17.5 Å². The molecule has 3 heterocycles. The van der Waals surface area contributed by atoms with Crippen LogP contribution in [0.4, 0.5) is 0 Å². The predicted octanol–water partition coefficient (Wildman–Crippen LogP) is 2.58. The molecule has 0 bridgehead atoms. The Balaban J connectivity index is 1.56. The standard InChI is InChI=1S/C18H23N3O2S/c1-11-7-15(12(2)21(11)18-19-5-6-24-18)17(23)10-20-9-14(22)8-16(20)13-3-4-13/h5-7,13-14,16,22H,3-4,8-10H2,1-2H3. The SMILES string of the molecule is Cc1cc(C(=O)CN2CC(O)CC2C2CC2)c(C)n1-c1nccs1. The zero-order valence-corrected chi connectivity index (χ0v) is 14.9. The second kappa shape index (κ2) is 6.10. The van der Waals surface area contributed by atoms with Gasteiger partial charge in [-0.15, -0.1) is 11.3 Å².